The van der Waals surface area contributed by atoms with Gasteiger partial charge >= 0.3 is 6.09 Å². The van der Waals surface area contributed by atoms with Crippen molar-refractivity contribution in [1.82, 2.24) is 10.2 Å². The molecule has 0 aliphatic heterocycles. The molecule has 0 radical (unpaired) electrons. The highest BCUT2D eigenvalue weighted by Gasteiger charge is 2.14. The molecular formula is C45H88N2O4. The van der Waals surface area contributed by atoms with Crippen LogP contribution in [0.2, 0.25) is 0 Å². The maximum atomic E-state index is 12.4. The smallest absolute Gasteiger partial charge is 0.407 e. The van der Waals surface area contributed by atoms with E-state index in [9.17, 15) is 4.79 Å². The Kier molecular flexibility index (Phi) is 41.9. The molecule has 1 N–H and O–H groups in total. The maximum Gasteiger partial charge on any atom is 0.407 e. The van der Waals surface area contributed by atoms with E-state index in [-0.39, 0.29) is 12.1 Å². The molecule has 1 amide bonds. The lowest BCUT2D eigenvalue weighted by atomic mass is 10.1. The van der Waals surface area contributed by atoms with Gasteiger partial charge in [0.05, 0.1) is 19.3 Å². The van der Waals surface area contributed by atoms with Crippen LogP contribution < -0.4 is 5.32 Å². The number of unbranched alkanes of at least 4 members (excludes halogenated alkanes) is 24. The quantitative estimate of drug-likeness (QED) is 0.0503. The number of nitrogens with zero attached hydrogens (tertiary/aromatic N) is 1. The molecule has 0 rings (SSSR count). The van der Waals surface area contributed by atoms with Crippen LogP contribution in [-0.2, 0) is 14.2 Å². The number of alkyl carbamates (subject to hydrolysis) is 1. The van der Waals surface area contributed by atoms with Crippen LogP contribution in [0, 0.1) is 0 Å². The van der Waals surface area contributed by atoms with Gasteiger partial charge in [-0.1, -0.05) is 161 Å². The van der Waals surface area contributed by atoms with Gasteiger partial charge in [-0.05, 0) is 77.8 Å². The van der Waals surface area contributed by atoms with Gasteiger partial charge in [0.15, 0.2) is 0 Å². The van der Waals surface area contributed by atoms with E-state index >= 15 is 0 Å². The maximum absolute atomic E-state index is 12.4. The topological polar surface area (TPSA) is 60.0 Å². The van der Waals surface area contributed by atoms with Crippen molar-refractivity contribution in [3.05, 3.63) is 24.3 Å². The molecule has 0 atom stereocenters. The molecule has 0 saturated carbocycles. The van der Waals surface area contributed by atoms with E-state index in [1.165, 1.54) is 167 Å². The van der Waals surface area contributed by atoms with Crippen LogP contribution in [0.25, 0.3) is 0 Å². The summed E-state index contributed by atoms with van der Waals surface area (Å²) in [6.07, 6.45) is 45.6. The van der Waals surface area contributed by atoms with Gasteiger partial charge in [-0.3, -0.25) is 0 Å². The lowest BCUT2D eigenvalue weighted by molar-refractivity contribution is 0.0485. The molecule has 0 bridgehead atoms. The Morgan fingerprint density at radius 2 is 0.863 bits per heavy atom. The van der Waals surface area contributed by atoms with Gasteiger partial charge in [0, 0.05) is 19.8 Å². The van der Waals surface area contributed by atoms with Crippen molar-refractivity contribution in [3.63, 3.8) is 0 Å². The van der Waals surface area contributed by atoms with Crippen LogP contribution in [0.3, 0.4) is 0 Å². The summed E-state index contributed by atoms with van der Waals surface area (Å²) in [4.78, 5) is 14.6. The zero-order valence-corrected chi connectivity index (χ0v) is 34.7. The number of hydrogen-bond donors (Lipinski definition) is 1. The summed E-state index contributed by atoms with van der Waals surface area (Å²) >= 11 is 0. The molecular weight excluding hydrogens is 633 g/mol. The van der Waals surface area contributed by atoms with E-state index < -0.39 is 0 Å². The highest BCUT2D eigenvalue weighted by molar-refractivity contribution is 5.67. The van der Waals surface area contributed by atoms with Crippen LogP contribution >= 0.6 is 0 Å². The number of carbonyl (C=O) groups excluding carboxylic acids is 1. The van der Waals surface area contributed by atoms with Gasteiger partial charge in [-0.15, -0.1) is 0 Å². The first-order valence-electron chi connectivity index (χ1n) is 22.2. The first kappa shape index (κ1) is 49.6. The van der Waals surface area contributed by atoms with E-state index in [1.807, 2.05) is 7.05 Å². The lowest BCUT2D eigenvalue weighted by Crippen LogP contribution is -2.42. The molecule has 0 unspecified atom stereocenters. The highest BCUT2D eigenvalue weighted by atomic mass is 16.6. The Balaban J connectivity index is 3.95. The van der Waals surface area contributed by atoms with Crippen LogP contribution in [-0.4, -0.2) is 70.2 Å². The number of ether oxygens (including phenoxy) is 3. The van der Waals surface area contributed by atoms with Crippen LogP contribution in [0.15, 0.2) is 24.3 Å². The standard InChI is InChI=1S/C45H88N2O4/c1-5-8-10-12-14-16-18-20-22-24-26-28-30-32-34-36-39-49-42-44(46-45(48)51-41-38-47(4)7-3)43-50-40-37-35-33-31-29-27-25-23-21-19-17-15-13-11-9-6-2/h20-23,44H,5-19,24-43H2,1-4H3,(H,46,48). The lowest BCUT2D eigenvalue weighted by Gasteiger charge is -2.20. The first-order chi connectivity index (χ1) is 25.1. The molecule has 0 aromatic carbocycles. The van der Waals surface area contributed by atoms with Crippen molar-refractivity contribution in [3.8, 4) is 0 Å². The molecule has 0 aliphatic rings. The largest absolute Gasteiger partial charge is 0.448 e. The van der Waals surface area contributed by atoms with Crippen LogP contribution in [0.4, 0.5) is 4.79 Å². The second-order valence-corrected chi connectivity index (χ2v) is 14.9. The normalized spacial score (nSPS) is 12.5. The third-order valence-corrected chi connectivity index (χ3v) is 9.81. The average molecular weight is 721 g/mol. The van der Waals surface area contributed by atoms with Crippen molar-refractivity contribution < 1.29 is 19.0 Å². The first-order valence-corrected chi connectivity index (χ1v) is 22.2. The molecule has 6 heteroatoms. The van der Waals surface area contributed by atoms with E-state index in [0.29, 0.717) is 19.8 Å². The van der Waals surface area contributed by atoms with Gasteiger partial charge in [0.25, 0.3) is 0 Å². The number of nitrogens with one attached hydrogen (secondary N) is 1. The molecule has 0 saturated heterocycles. The summed E-state index contributed by atoms with van der Waals surface area (Å²) in [5, 5.41) is 2.98. The number of likely N-dealkylation sites (N-methyl/N-ethyl adjacent to an activating group) is 1. The second-order valence-electron chi connectivity index (χ2n) is 14.9. The third-order valence-electron chi connectivity index (χ3n) is 9.81. The molecule has 0 spiro atoms. The summed E-state index contributed by atoms with van der Waals surface area (Å²) in [6.45, 7) is 11.1. The molecule has 0 aliphatic carbocycles. The fraction of sp³-hybridized carbons (Fsp3) is 0.889. The van der Waals surface area contributed by atoms with E-state index in [4.69, 9.17) is 14.2 Å². The SMILES string of the molecule is CCCCCCCCC=CCCCCCCCCOCC(COCCCCCCCCC=CCCCCCCCC)NC(=O)OCCN(C)CC. The van der Waals surface area contributed by atoms with Gasteiger partial charge < -0.3 is 24.4 Å². The Morgan fingerprint density at radius 1 is 0.510 bits per heavy atom. The zero-order valence-electron chi connectivity index (χ0n) is 34.7. The fourth-order valence-corrected chi connectivity index (χ4v) is 6.15. The predicted molar refractivity (Wildman–Crippen MR) is 222 cm³/mol. The van der Waals surface area contributed by atoms with Crippen LogP contribution in [0.1, 0.15) is 201 Å². The number of rotatable bonds is 41. The minimum absolute atomic E-state index is 0.190. The highest BCUT2D eigenvalue weighted by Crippen LogP contribution is 2.12. The molecule has 51 heavy (non-hydrogen) atoms. The van der Waals surface area contributed by atoms with Gasteiger partial charge in [0.1, 0.15) is 6.61 Å². The molecule has 0 heterocycles. The van der Waals surface area contributed by atoms with E-state index in [0.717, 1.165) is 39.1 Å². The molecule has 6 nitrogen and oxygen atoms in total. The molecule has 302 valence electrons. The Hall–Kier alpha value is -1.37. The predicted octanol–water partition coefficient (Wildman–Crippen LogP) is 13.1. The number of allylic oxidation sites excluding steroid dienone is 4. The van der Waals surface area contributed by atoms with Gasteiger partial charge in [-0.25, -0.2) is 4.79 Å². The van der Waals surface area contributed by atoms with Crippen molar-refractivity contribution in [2.45, 2.75) is 207 Å². The fourth-order valence-electron chi connectivity index (χ4n) is 6.15. The van der Waals surface area contributed by atoms with E-state index in [2.05, 4.69) is 55.3 Å². The van der Waals surface area contributed by atoms with E-state index in [1.54, 1.807) is 0 Å². The Labute approximate surface area is 318 Å². The van der Waals surface area contributed by atoms with Crippen molar-refractivity contribution >= 4 is 6.09 Å². The Bertz CT molecular complexity index is 698. The minimum atomic E-state index is -0.383. The Morgan fingerprint density at radius 3 is 1.24 bits per heavy atom. The zero-order chi connectivity index (χ0) is 37.1. The summed E-state index contributed by atoms with van der Waals surface area (Å²) in [7, 11) is 2.03. The molecule has 0 aromatic heterocycles. The number of carbonyl (C=O) groups is 1. The number of hydrogen-bond acceptors (Lipinski definition) is 5. The summed E-state index contributed by atoms with van der Waals surface area (Å²) in [6, 6.07) is -0.190. The van der Waals surface area contributed by atoms with Crippen molar-refractivity contribution in [2.24, 2.45) is 0 Å². The second kappa shape index (κ2) is 43.0. The van der Waals surface area contributed by atoms with Crippen molar-refractivity contribution in [1.29, 1.82) is 0 Å². The van der Waals surface area contributed by atoms with Gasteiger partial charge in [-0.2, -0.15) is 0 Å². The molecule has 0 fully saturated rings. The minimum Gasteiger partial charge on any atom is -0.448 e. The van der Waals surface area contributed by atoms with Crippen LogP contribution in [0.5, 0.6) is 0 Å². The molecule has 0 aromatic rings. The van der Waals surface area contributed by atoms with Crippen molar-refractivity contribution in [2.75, 3.05) is 53.2 Å². The monoisotopic (exact) mass is 721 g/mol. The summed E-state index contributed by atoms with van der Waals surface area (Å²) < 4.78 is 17.4. The van der Waals surface area contributed by atoms with Gasteiger partial charge in [0.2, 0.25) is 0 Å². The summed E-state index contributed by atoms with van der Waals surface area (Å²) in [5.74, 6) is 0. The third kappa shape index (κ3) is 41.2. The number of amides is 1. The summed E-state index contributed by atoms with van der Waals surface area (Å²) in [5.41, 5.74) is 0. The average Bonchev–Trinajstić information content (AvgIpc) is 3.13.